The van der Waals surface area contributed by atoms with Gasteiger partial charge in [0, 0.05) is 19.2 Å². The van der Waals surface area contributed by atoms with E-state index in [1.165, 1.54) is 12.1 Å². The van der Waals surface area contributed by atoms with Crippen LogP contribution in [0, 0.1) is 12.7 Å². The fourth-order valence-electron chi connectivity index (χ4n) is 2.37. The smallest absolute Gasteiger partial charge is 0.272 e. The summed E-state index contributed by atoms with van der Waals surface area (Å²) in [5.41, 5.74) is 0.591. The van der Waals surface area contributed by atoms with Crippen molar-refractivity contribution >= 4 is 17.4 Å². The lowest BCUT2D eigenvalue weighted by atomic mass is 10.2. The normalized spacial score (nSPS) is 14.6. The molecule has 1 amide bonds. The van der Waals surface area contributed by atoms with Gasteiger partial charge >= 0.3 is 0 Å². The Morgan fingerprint density at radius 2 is 2.00 bits per heavy atom. The van der Waals surface area contributed by atoms with E-state index in [0.29, 0.717) is 49.3 Å². The van der Waals surface area contributed by atoms with Crippen molar-refractivity contribution < 1.29 is 13.9 Å². The predicted octanol–water partition coefficient (Wildman–Crippen LogP) is 2.14. The molecule has 0 radical (unpaired) electrons. The van der Waals surface area contributed by atoms with Crippen LogP contribution in [0.2, 0.25) is 0 Å². The van der Waals surface area contributed by atoms with Crippen LogP contribution in [-0.2, 0) is 4.74 Å². The predicted molar refractivity (Wildman–Crippen MR) is 83.2 cm³/mol. The van der Waals surface area contributed by atoms with Crippen molar-refractivity contribution in [2.75, 3.05) is 31.6 Å². The average Bonchev–Trinajstić information content (AvgIpc) is 2.56. The fourth-order valence-corrected chi connectivity index (χ4v) is 2.37. The lowest BCUT2D eigenvalue weighted by Gasteiger charge is -2.26. The maximum absolute atomic E-state index is 13.7. The Morgan fingerprint density at radius 3 is 2.74 bits per heavy atom. The lowest BCUT2D eigenvalue weighted by molar-refractivity contribution is 0.0299. The van der Waals surface area contributed by atoms with Crippen molar-refractivity contribution in [1.29, 1.82) is 0 Å². The Morgan fingerprint density at radius 1 is 1.26 bits per heavy atom. The highest BCUT2D eigenvalue weighted by Crippen LogP contribution is 2.19. The van der Waals surface area contributed by atoms with E-state index in [1.54, 1.807) is 30.0 Å². The molecule has 1 aromatic carbocycles. The fraction of sp³-hybridized carbons (Fsp3) is 0.312. The van der Waals surface area contributed by atoms with E-state index in [4.69, 9.17) is 4.74 Å². The van der Waals surface area contributed by atoms with E-state index in [9.17, 15) is 9.18 Å². The molecule has 0 spiro atoms. The van der Waals surface area contributed by atoms with E-state index in [2.05, 4.69) is 15.3 Å². The molecule has 1 fully saturated rings. The Bertz CT molecular complexity index is 717. The van der Waals surface area contributed by atoms with Crippen molar-refractivity contribution in [3.63, 3.8) is 0 Å². The minimum atomic E-state index is -0.384. The molecule has 2 aromatic rings. The molecule has 0 aliphatic carbocycles. The standard InChI is InChI=1S/C16H17FN4O2/c1-11-18-14(16(22)21-6-8-23-9-7-21)10-15(19-11)20-13-5-3-2-4-12(13)17/h2-5,10H,6-9H2,1H3,(H,18,19,20). The molecule has 0 bridgehead atoms. The molecule has 1 saturated heterocycles. The molecule has 0 atom stereocenters. The number of hydrogen-bond donors (Lipinski definition) is 1. The summed E-state index contributed by atoms with van der Waals surface area (Å²) in [6.45, 7) is 3.82. The molecule has 3 rings (SSSR count). The quantitative estimate of drug-likeness (QED) is 0.939. The third-order valence-corrected chi connectivity index (χ3v) is 3.49. The van der Waals surface area contributed by atoms with Crippen LogP contribution in [0.4, 0.5) is 15.9 Å². The molecular formula is C16H17FN4O2. The average molecular weight is 316 g/mol. The number of para-hydroxylation sites is 1. The van der Waals surface area contributed by atoms with E-state index in [1.807, 2.05) is 0 Å². The zero-order valence-electron chi connectivity index (χ0n) is 12.8. The number of anilines is 2. The third-order valence-electron chi connectivity index (χ3n) is 3.49. The van der Waals surface area contributed by atoms with Crippen LogP contribution < -0.4 is 5.32 Å². The summed E-state index contributed by atoms with van der Waals surface area (Å²) in [6, 6.07) is 7.84. The Balaban J connectivity index is 1.84. The van der Waals surface area contributed by atoms with E-state index in [-0.39, 0.29) is 11.7 Å². The maximum atomic E-state index is 13.7. The van der Waals surface area contributed by atoms with Crippen molar-refractivity contribution in [2.45, 2.75) is 6.92 Å². The van der Waals surface area contributed by atoms with Gasteiger partial charge in [0.1, 0.15) is 23.2 Å². The van der Waals surface area contributed by atoms with Crippen molar-refractivity contribution in [3.05, 3.63) is 47.7 Å². The minimum absolute atomic E-state index is 0.171. The Kier molecular flexibility index (Phi) is 4.47. The molecular weight excluding hydrogens is 299 g/mol. The highest BCUT2D eigenvalue weighted by atomic mass is 19.1. The molecule has 1 aliphatic rings. The number of ether oxygens (including phenoxy) is 1. The molecule has 7 heteroatoms. The second-order valence-electron chi connectivity index (χ2n) is 5.20. The number of aryl methyl sites for hydroxylation is 1. The number of nitrogens with zero attached hydrogens (tertiary/aromatic N) is 3. The van der Waals surface area contributed by atoms with Gasteiger partial charge in [-0.15, -0.1) is 0 Å². The summed E-state index contributed by atoms with van der Waals surface area (Å²) in [6.07, 6.45) is 0. The van der Waals surface area contributed by atoms with Crippen molar-refractivity contribution in [3.8, 4) is 0 Å². The molecule has 6 nitrogen and oxygen atoms in total. The van der Waals surface area contributed by atoms with Crippen LogP contribution in [-0.4, -0.2) is 47.1 Å². The summed E-state index contributed by atoms with van der Waals surface area (Å²) >= 11 is 0. The monoisotopic (exact) mass is 316 g/mol. The molecule has 0 unspecified atom stereocenters. The number of carbonyl (C=O) groups is 1. The molecule has 0 saturated carbocycles. The van der Waals surface area contributed by atoms with Gasteiger partial charge in [0.05, 0.1) is 18.9 Å². The molecule has 1 N–H and O–H groups in total. The zero-order chi connectivity index (χ0) is 16.2. The summed E-state index contributed by atoms with van der Waals surface area (Å²) in [4.78, 5) is 22.6. The van der Waals surface area contributed by atoms with Gasteiger partial charge in [0.15, 0.2) is 0 Å². The number of carbonyl (C=O) groups excluding carboxylic acids is 1. The molecule has 23 heavy (non-hydrogen) atoms. The highest BCUT2D eigenvalue weighted by Gasteiger charge is 2.20. The Labute approximate surface area is 133 Å². The topological polar surface area (TPSA) is 67.4 Å². The van der Waals surface area contributed by atoms with Gasteiger partial charge in [-0.1, -0.05) is 12.1 Å². The second kappa shape index (κ2) is 6.70. The van der Waals surface area contributed by atoms with Crippen LogP contribution in [0.1, 0.15) is 16.3 Å². The van der Waals surface area contributed by atoms with Crippen LogP contribution in [0.5, 0.6) is 0 Å². The lowest BCUT2D eigenvalue weighted by Crippen LogP contribution is -2.41. The first-order chi connectivity index (χ1) is 11.1. The number of rotatable bonds is 3. The zero-order valence-corrected chi connectivity index (χ0v) is 12.8. The van der Waals surface area contributed by atoms with Crippen LogP contribution >= 0.6 is 0 Å². The van der Waals surface area contributed by atoms with Crippen LogP contribution in [0.25, 0.3) is 0 Å². The molecule has 1 aliphatic heterocycles. The summed E-state index contributed by atoms with van der Waals surface area (Å²) in [5.74, 6) is 0.280. The number of benzene rings is 1. The summed E-state index contributed by atoms with van der Waals surface area (Å²) < 4.78 is 19.0. The van der Waals surface area contributed by atoms with Crippen molar-refractivity contribution in [2.24, 2.45) is 0 Å². The highest BCUT2D eigenvalue weighted by molar-refractivity contribution is 5.93. The molecule has 120 valence electrons. The number of morpholine rings is 1. The van der Waals surface area contributed by atoms with Crippen LogP contribution in [0.3, 0.4) is 0 Å². The summed E-state index contributed by atoms with van der Waals surface area (Å²) in [5, 5.41) is 2.89. The van der Waals surface area contributed by atoms with Gasteiger partial charge in [0.2, 0.25) is 0 Å². The van der Waals surface area contributed by atoms with E-state index < -0.39 is 0 Å². The SMILES string of the molecule is Cc1nc(Nc2ccccc2F)cc(C(=O)N2CCOCC2)n1. The first kappa shape index (κ1) is 15.4. The molecule has 2 heterocycles. The third kappa shape index (κ3) is 3.62. The van der Waals surface area contributed by atoms with E-state index in [0.717, 1.165) is 0 Å². The largest absolute Gasteiger partial charge is 0.378 e. The van der Waals surface area contributed by atoms with Gasteiger partial charge in [-0.05, 0) is 19.1 Å². The van der Waals surface area contributed by atoms with Gasteiger partial charge < -0.3 is 15.0 Å². The van der Waals surface area contributed by atoms with E-state index >= 15 is 0 Å². The van der Waals surface area contributed by atoms with Gasteiger partial charge in [-0.25, -0.2) is 14.4 Å². The van der Waals surface area contributed by atoms with Crippen molar-refractivity contribution in [1.82, 2.24) is 14.9 Å². The first-order valence-electron chi connectivity index (χ1n) is 7.38. The first-order valence-corrected chi connectivity index (χ1v) is 7.38. The number of nitrogens with one attached hydrogen (secondary N) is 1. The van der Waals surface area contributed by atoms with Gasteiger partial charge in [-0.3, -0.25) is 4.79 Å². The number of amides is 1. The van der Waals surface area contributed by atoms with Crippen LogP contribution in [0.15, 0.2) is 30.3 Å². The molecule has 1 aromatic heterocycles. The second-order valence-corrected chi connectivity index (χ2v) is 5.20. The van der Waals surface area contributed by atoms with Gasteiger partial charge in [-0.2, -0.15) is 0 Å². The number of aromatic nitrogens is 2. The number of halogens is 1. The van der Waals surface area contributed by atoms with Gasteiger partial charge in [0.25, 0.3) is 5.91 Å². The summed E-state index contributed by atoms with van der Waals surface area (Å²) in [7, 11) is 0. The maximum Gasteiger partial charge on any atom is 0.272 e. The minimum Gasteiger partial charge on any atom is -0.378 e. The number of hydrogen-bond acceptors (Lipinski definition) is 5. The Hall–Kier alpha value is -2.54.